The number of aromatic nitrogens is 6. The van der Waals surface area contributed by atoms with Gasteiger partial charge in [0, 0.05) is 6.92 Å². The average Bonchev–Trinajstić information content (AvgIpc) is 3.21. The van der Waals surface area contributed by atoms with Crippen molar-refractivity contribution >= 4 is 23.1 Å². The van der Waals surface area contributed by atoms with E-state index in [0.717, 1.165) is 9.36 Å². The SMILES string of the molecule is CCOC(=O)Cn1nnc2nnn(C3CCC(COC(C)=O)O3)c(=O)c21. The highest BCUT2D eigenvalue weighted by molar-refractivity contribution is 5.73. The zero-order chi connectivity index (χ0) is 18.7. The number of ether oxygens (including phenoxy) is 3. The maximum absolute atomic E-state index is 12.8. The summed E-state index contributed by atoms with van der Waals surface area (Å²) >= 11 is 0. The third kappa shape index (κ3) is 3.69. The average molecular weight is 366 g/mol. The van der Waals surface area contributed by atoms with E-state index in [-0.39, 0.29) is 37.0 Å². The summed E-state index contributed by atoms with van der Waals surface area (Å²) in [6.07, 6.45) is 0.136. The predicted octanol–water partition coefficient (Wildman–Crippen LogP) is -0.813. The molecule has 0 bridgehead atoms. The van der Waals surface area contributed by atoms with Gasteiger partial charge in [-0.15, -0.1) is 10.2 Å². The van der Waals surface area contributed by atoms with Crippen molar-refractivity contribution < 1.29 is 23.8 Å². The minimum absolute atomic E-state index is 0.0324. The number of esters is 2. The topological polar surface area (TPSA) is 140 Å². The van der Waals surface area contributed by atoms with E-state index in [4.69, 9.17) is 14.2 Å². The summed E-state index contributed by atoms with van der Waals surface area (Å²) in [5, 5.41) is 15.2. The molecule has 2 aromatic heterocycles. The second kappa shape index (κ2) is 7.56. The van der Waals surface area contributed by atoms with E-state index in [9.17, 15) is 14.4 Å². The van der Waals surface area contributed by atoms with Crippen LogP contribution < -0.4 is 5.56 Å². The molecule has 2 unspecified atom stereocenters. The Morgan fingerprint density at radius 1 is 1.23 bits per heavy atom. The van der Waals surface area contributed by atoms with Crippen LogP contribution in [0.3, 0.4) is 0 Å². The molecule has 1 aliphatic heterocycles. The van der Waals surface area contributed by atoms with E-state index in [2.05, 4.69) is 20.6 Å². The van der Waals surface area contributed by atoms with Crippen molar-refractivity contribution in [2.24, 2.45) is 0 Å². The molecule has 0 saturated carbocycles. The first-order chi connectivity index (χ1) is 12.5. The van der Waals surface area contributed by atoms with Crippen LogP contribution >= 0.6 is 0 Å². The highest BCUT2D eigenvalue weighted by Crippen LogP contribution is 2.26. The van der Waals surface area contributed by atoms with Gasteiger partial charge in [0.05, 0.1) is 12.7 Å². The van der Waals surface area contributed by atoms with Crippen LogP contribution in [0.15, 0.2) is 4.79 Å². The number of carbonyl (C=O) groups is 2. The van der Waals surface area contributed by atoms with Gasteiger partial charge >= 0.3 is 11.9 Å². The number of hydrogen-bond acceptors (Lipinski definition) is 10. The van der Waals surface area contributed by atoms with Crippen molar-refractivity contribution in [1.82, 2.24) is 30.0 Å². The Morgan fingerprint density at radius 2 is 2.00 bits per heavy atom. The lowest BCUT2D eigenvalue weighted by Gasteiger charge is -2.14. The molecule has 0 aliphatic carbocycles. The number of rotatable bonds is 6. The summed E-state index contributed by atoms with van der Waals surface area (Å²) in [4.78, 5) is 35.3. The quantitative estimate of drug-likeness (QED) is 0.596. The van der Waals surface area contributed by atoms with Gasteiger partial charge in [-0.1, -0.05) is 10.4 Å². The Labute approximate surface area is 147 Å². The highest BCUT2D eigenvalue weighted by Gasteiger charge is 2.30. The maximum atomic E-state index is 12.8. The minimum atomic E-state index is -0.647. The smallest absolute Gasteiger partial charge is 0.327 e. The molecule has 3 heterocycles. The Morgan fingerprint density at radius 3 is 2.73 bits per heavy atom. The lowest BCUT2D eigenvalue weighted by Crippen LogP contribution is -2.31. The van der Waals surface area contributed by atoms with Gasteiger partial charge in [0.2, 0.25) is 5.65 Å². The normalized spacial score (nSPS) is 19.6. The first-order valence-electron chi connectivity index (χ1n) is 8.12. The predicted molar refractivity (Wildman–Crippen MR) is 83.8 cm³/mol. The molecule has 1 fully saturated rings. The lowest BCUT2D eigenvalue weighted by molar-refractivity contribution is -0.146. The van der Waals surface area contributed by atoms with Crippen molar-refractivity contribution in [2.45, 2.75) is 45.6 Å². The molecular weight excluding hydrogens is 348 g/mol. The van der Waals surface area contributed by atoms with Crippen LogP contribution in [-0.2, 0) is 30.3 Å². The van der Waals surface area contributed by atoms with Crippen LogP contribution in [0, 0.1) is 0 Å². The molecule has 2 atom stereocenters. The Bertz CT molecular complexity index is 876. The van der Waals surface area contributed by atoms with Crippen LogP contribution in [0.4, 0.5) is 0 Å². The summed E-state index contributed by atoms with van der Waals surface area (Å²) in [5.74, 6) is -0.940. The highest BCUT2D eigenvalue weighted by atomic mass is 16.6. The van der Waals surface area contributed by atoms with Crippen molar-refractivity contribution in [2.75, 3.05) is 13.2 Å². The van der Waals surface area contributed by atoms with Crippen LogP contribution in [0.2, 0.25) is 0 Å². The third-order valence-electron chi connectivity index (χ3n) is 3.78. The summed E-state index contributed by atoms with van der Waals surface area (Å²) in [5.41, 5.74) is -0.451. The lowest BCUT2D eigenvalue weighted by atomic mass is 10.2. The van der Waals surface area contributed by atoms with E-state index in [1.165, 1.54) is 6.92 Å². The summed E-state index contributed by atoms with van der Waals surface area (Å²) in [6, 6.07) is 0. The number of fused-ring (bicyclic) bond motifs is 1. The maximum Gasteiger partial charge on any atom is 0.327 e. The fraction of sp³-hybridized carbons (Fsp3) is 0.643. The Balaban J connectivity index is 1.82. The van der Waals surface area contributed by atoms with Crippen molar-refractivity contribution in [3.63, 3.8) is 0 Å². The molecule has 12 nitrogen and oxygen atoms in total. The molecule has 0 radical (unpaired) electrons. The van der Waals surface area contributed by atoms with Crippen molar-refractivity contribution in [1.29, 1.82) is 0 Å². The van der Waals surface area contributed by atoms with Gasteiger partial charge in [-0.3, -0.25) is 14.4 Å². The van der Waals surface area contributed by atoms with E-state index >= 15 is 0 Å². The Hall–Kier alpha value is -2.89. The molecular formula is C14H18N6O6. The molecule has 12 heteroatoms. The molecule has 3 rings (SSSR count). The zero-order valence-electron chi connectivity index (χ0n) is 14.3. The van der Waals surface area contributed by atoms with Gasteiger partial charge in [-0.25, -0.2) is 4.68 Å². The summed E-state index contributed by atoms with van der Waals surface area (Å²) in [7, 11) is 0. The zero-order valence-corrected chi connectivity index (χ0v) is 14.3. The molecule has 0 amide bonds. The van der Waals surface area contributed by atoms with Crippen LogP contribution in [0.1, 0.15) is 32.9 Å². The molecule has 0 aromatic carbocycles. The third-order valence-corrected chi connectivity index (χ3v) is 3.78. The minimum Gasteiger partial charge on any atom is -0.465 e. The first kappa shape index (κ1) is 17.9. The number of hydrogen-bond donors (Lipinski definition) is 0. The Kier molecular flexibility index (Phi) is 5.21. The molecule has 26 heavy (non-hydrogen) atoms. The van der Waals surface area contributed by atoms with E-state index in [0.29, 0.717) is 12.8 Å². The number of nitrogens with zero attached hydrogens (tertiary/aromatic N) is 6. The molecule has 2 aromatic rings. The van der Waals surface area contributed by atoms with Crippen LogP contribution in [-0.4, -0.2) is 61.2 Å². The molecule has 1 aliphatic rings. The van der Waals surface area contributed by atoms with E-state index in [1.807, 2.05) is 0 Å². The van der Waals surface area contributed by atoms with Crippen molar-refractivity contribution in [3.05, 3.63) is 10.4 Å². The van der Waals surface area contributed by atoms with Crippen LogP contribution in [0.5, 0.6) is 0 Å². The van der Waals surface area contributed by atoms with Crippen molar-refractivity contribution in [3.8, 4) is 0 Å². The first-order valence-corrected chi connectivity index (χ1v) is 8.12. The molecule has 1 saturated heterocycles. The van der Waals surface area contributed by atoms with Gasteiger partial charge in [0.15, 0.2) is 11.7 Å². The van der Waals surface area contributed by atoms with Gasteiger partial charge in [0.25, 0.3) is 5.56 Å². The standard InChI is InChI=1S/C14H18N6O6/c1-3-24-11(22)6-19-12-13(15-17-19)16-18-20(14(12)23)10-5-4-9(26-10)7-25-8(2)21/h9-10H,3-7H2,1-2H3. The fourth-order valence-corrected chi connectivity index (χ4v) is 2.64. The number of carbonyl (C=O) groups excluding carboxylic acids is 2. The van der Waals surface area contributed by atoms with Crippen LogP contribution in [0.25, 0.3) is 11.2 Å². The van der Waals surface area contributed by atoms with E-state index < -0.39 is 23.7 Å². The largest absolute Gasteiger partial charge is 0.465 e. The second-order valence-electron chi connectivity index (χ2n) is 5.66. The van der Waals surface area contributed by atoms with E-state index in [1.54, 1.807) is 6.92 Å². The van der Waals surface area contributed by atoms with Gasteiger partial charge in [0.1, 0.15) is 13.2 Å². The molecule has 0 spiro atoms. The van der Waals surface area contributed by atoms with Gasteiger partial charge < -0.3 is 14.2 Å². The monoisotopic (exact) mass is 366 g/mol. The second-order valence-corrected chi connectivity index (χ2v) is 5.66. The molecule has 140 valence electrons. The van der Waals surface area contributed by atoms with Gasteiger partial charge in [-0.05, 0) is 19.8 Å². The molecule has 0 N–H and O–H groups in total. The summed E-state index contributed by atoms with van der Waals surface area (Å²) < 4.78 is 17.7. The fourth-order valence-electron chi connectivity index (χ4n) is 2.64. The summed E-state index contributed by atoms with van der Waals surface area (Å²) in [6.45, 7) is 3.06. The van der Waals surface area contributed by atoms with Gasteiger partial charge in [-0.2, -0.15) is 4.68 Å².